The Morgan fingerprint density at radius 1 is 1.33 bits per heavy atom. The Morgan fingerprint density at radius 3 is 2.76 bits per heavy atom. The largest absolute Gasteiger partial charge is 0.398 e. The molecule has 0 fully saturated rings. The van der Waals surface area contributed by atoms with Gasteiger partial charge < -0.3 is 10.6 Å². The Balaban J connectivity index is 2.54. The van der Waals surface area contributed by atoms with Crippen molar-refractivity contribution in [2.45, 2.75) is 46.1 Å². The van der Waals surface area contributed by atoms with E-state index in [4.69, 9.17) is 5.73 Å². The third kappa shape index (κ3) is 3.49. The zero-order valence-electron chi connectivity index (χ0n) is 13.1. The molecule has 2 N–H and O–H groups in total. The van der Waals surface area contributed by atoms with E-state index in [0.29, 0.717) is 6.04 Å². The second-order valence-corrected chi connectivity index (χ2v) is 6.44. The van der Waals surface area contributed by atoms with Crippen LogP contribution < -0.4 is 10.6 Å². The maximum atomic E-state index is 6.12. The van der Waals surface area contributed by atoms with Crippen molar-refractivity contribution in [2.24, 2.45) is 0 Å². The molecule has 0 bridgehead atoms. The molecule has 1 aromatic heterocycles. The van der Waals surface area contributed by atoms with E-state index in [1.807, 2.05) is 12.3 Å². The van der Waals surface area contributed by atoms with Crippen LogP contribution in [0.1, 0.15) is 40.0 Å². The van der Waals surface area contributed by atoms with Gasteiger partial charge in [0.15, 0.2) is 0 Å². The number of unbranched alkanes of at least 4 members (excludes halogenated alkanes) is 1. The van der Waals surface area contributed by atoms with E-state index in [2.05, 4.69) is 58.7 Å². The number of halogens is 1. The van der Waals surface area contributed by atoms with Crippen molar-refractivity contribution in [3.8, 4) is 0 Å². The molecule has 1 unspecified atom stereocenters. The summed E-state index contributed by atoms with van der Waals surface area (Å²) in [5.74, 6) is 0. The van der Waals surface area contributed by atoms with E-state index in [0.717, 1.165) is 34.0 Å². The van der Waals surface area contributed by atoms with Gasteiger partial charge in [0.05, 0.1) is 11.2 Å². The zero-order chi connectivity index (χ0) is 15.4. The highest BCUT2D eigenvalue weighted by atomic mass is 79.9. The van der Waals surface area contributed by atoms with Gasteiger partial charge in [0.25, 0.3) is 0 Å². The minimum Gasteiger partial charge on any atom is -0.398 e. The van der Waals surface area contributed by atoms with Gasteiger partial charge in [-0.05, 0) is 53.9 Å². The highest BCUT2D eigenvalue weighted by Gasteiger charge is 2.17. The predicted molar refractivity (Wildman–Crippen MR) is 95.9 cm³/mol. The number of benzene rings is 1. The quantitative estimate of drug-likeness (QED) is 0.747. The van der Waals surface area contributed by atoms with Crippen molar-refractivity contribution >= 4 is 38.2 Å². The van der Waals surface area contributed by atoms with Crippen LogP contribution in [0.5, 0.6) is 0 Å². The molecule has 21 heavy (non-hydrogen) atoms. The summed E-state index contributed by atoms with van der Waals surface area (Å²) in [4.78, 5) is 7.08. The SMILES string of the molecule is CCCCN(c1ccc(N)c2cc(Br)cnc12)C(C)CC. The van der Waals surface area contributed by atoms with Crippen molar-refractivity contribution in [3.63, 3.8) is 0 Å². The first-order valence-electron chi connectivity index (χ1n) is 7.68. The van der Waals surface area contributed by atoms with Crippen LogP contribution in [0.2, 0.25) is 0 Å². The lowest BCUT2D eigenvalue weighted by molar-refractivity contribution is 0.597. The van der Waals surface area contributed by atoms with Crippen LogP contribution in [0.25, 0.3) is 10.9 Å². The van der Waals surface area contributed by atoms with Gasteiger partial charge in [-0.2, -0.15) is 0 Å². The molecule has 0 saturated heterocycles. The zero-order valence-corrected chi connectivity index (χ0v) is 14.7. The Hall–Kier alpha value is -1.29. The number of hydrogen-bond donors (Lipinski definition) is 1. The standard InChI is InChI=1S/C17H24BrN3/c1-4-6-9-21(12(3)5-2)16-8-7-15(19)14-10-13(18)11-20-17(14)16/h7-8,10-12H,4-6,9,19H2,1-3H3. The van der Waals surface area contributed by atoms with Crippen molar-refractivity contribution in [3.05, 3.63) is 28.9 Å². The molecule has 1 aromatic carbocycles. The molecule has 114 valence electrons. The minimum absolute atomic E-state index is 0.494. The third-order valence-corrected chi connectivity index (χ3v) is 4.45. The number of aromatic nitrogens is 1. The Kier molecular flexibility index (Phi) is 5.45. The second kappa shape index (κ2) is 7.12. The summed E-state index contributed by atoms with van der Waals surface area (Å²) in [6, 6.07) is 6.65. The number of anilines is 2. The monoisotopic (exact) mass is 349 g/mol. The first-order valence-corrected chi connectivity index (χ1v) is 8.48. The molecule has 0 aliphatic carbocycles. The van der Waals surface area contributed by atoms with E-state index in [-0.39, 0.29) is 0 Å². The van der Waals surface area contributed by atoms with Crippen molar-refractivity contribution in [1.29, 1.82) is 0 Å². The van der Waals surface area contributed by atoms with Gasteiger partial charge >= 0.3 is 0 Å². The van der Waals surface area contributed by atoms with Crippen LogP contribution in [0.4, 0.5) is 11.4 Å². The van der Waals surface area contributed by atoms with Gasteiger partial charge in [-0.1, -0.05) is 20.3 Å². The molecule has 0 radical (unpaired) electrons. The molecule has 3 nitrogen and oxygen atoms in total. The van der Waals surface area contributed by atoms with Gasteiger partial charge in [-0.3, -0.25) is 4.98 Å². The normalized spacial score (nSPS) is 12.6. The molecular weight excluding hydrogens is 326 g/mol. The number of nitrogen functional groups attached to an aromatic ring is 1. The molecule has 0 amide bonds. The summed E-state index contributed by atoms with van der Waals surface area (Å²) in [5.41, 5.74) is 9.09. The highest BCUT2D eigenvalue weighted by Crippen LogP contribution is 2.32. The molecule has 1 atom stereocenters. The lowest BCUT2D eigenvalue weighted by atomic mass is 10.1. The van der Waals surface area contributed by atoms with Gasteiger partial charge in [0.2, 0.25) is 0 Å². The Labute approximate surface area is 135 Å². The third-order valence-electron chi connectivity index (χ3n) is 4.01. The van der Waals surface area contributed by atoms with Crippen LogP contribution in [0.3, 0.4) is 0 Å². The van der Waals surface area contributed by atoms with Crippen LogP contribution in [-0.2, 0) is 0 Å². The highest BCUT2D eigenvalue weighted by molar-refractivity contribution is 9.10. The summed E-state index contributed by atoms with van der Waals surface area (Å²) in [6.07, 6.45) is 5.34. The van der Waals surface area contributed by atoms with Crippen LogP contribution in [0, 0.1) is 0 Å². The number of nitrogens with zero attached hydrogens (tertiary/aromatic N) is 2. The smallest absolute Gasteiger partial charge is 0.0956 e. The molecule has 2 aromatic rings. The minimum atomic E-state index is 0.494. The molecular formula is C17H24BrN3. The molecule has 0 saturated carbocycles. The number of nitrogens with two attached hydrogens (primary N) is 1. The van der Waals surface area contributed by atoms with Crippen LogP contribution in [0.15, 0.2) is 28.9 Å². The van der Waals surface area contributed by atoms with Crippen LogP contribution >= 0.6 is 15.9 Å². The average molecular weight is 350 g/mol. The van der Waals surface area contributed by atoms with E-state index in [9.17, 15) is 0 Å². The maximum Gasteiger partial charge on any atom is 0.0956 e. The molecule has 0 aliphatic heterocycles. The molecule has 0 aliphatic rings. The fourth-order valence-corrected chi connectivity index (χ4v) is 2.89. The number of fused-ring (bicyclic) bond motifs is 1. The summed E-state index contributed by atoms with van der Waals surface area (Å²) in [7, 11) is 0. The number of pyridine rings is 1. The lowest BCUT2D eigenvalue weighted by Crippen LogP contribution is -2.33. The van der Waals surface area contributed by atoms with E-state index in [1.165, 1.54) is 18.5 Å². The number of hydrogen-bond acceptors (Lipinski definition) is 3. The van der Waals surface area contributed by atoms with Gasteiger partial charge in [-0.15, -0.1) is 0 Å². The van der Waals surface area contributed by atoms with E-state index >= 15 is 0 Å². The molecule has 1 heterocycles. The fraction of sp³-hybridized carbons (Fsp3) is 0.471. The predicted octanol–water partition coefficient (Wildman–Crippen LogP) is 4.98. The fourth-order valence-electron chi connectivity index (χ4n) is 2.56. The van der Waals surface area contributed by atoms with Crippen LogP contribution in [-0.4, -0.2) is 17.6 Å². The Morgan fingerprint density at radius 2 is 2.10 bits per heavy atom. The lowest BCUT2D eigenvalue weighted by Gasteiger charge is -2.31. The van der Waals surface area contributed by atoms with Crippen molar-refractivity contribution < 1.29 is 0 Å². The number of rotatable bonds is 6. The maximum absolute atomic E-state index is 6.12. The first-order chi connectivity index (χ1) is 10.1. The molecule has 4 heteroatoms. The summed E-state index contributed by atoms with van der Waals surface area (Å²) < 4.78 is 0.961. The molecule has 0 spiro atoms. The van der Waals surface area contributed by atoms with Crippen molar-refractivity contribution in [1.82, 2.24) is 4.98 Å². The van der Waals surface area contributed by atoms with Gasteiger partial charge in [-0.25, -0.2) is 0 Å². The summed E-state index contributed by atoms with van der Waals surface area (Å²) in [5, 5.41) is 1.02. The molecule has 2 rings (SSSR count). The second-order valence-electron chi connectivity index (χ2n) is 5.53. The van der Waals surface area contributed by atoms with E-state index < -0.39 is 0 Å². The van der Waals surface area contributed by atoms with Crippen molar-refractivity contribution in [2.75, 3.05) is 17.2 Å². The van der Waals surface area contributed by atoms with Gasteiger partial charge in [0.1, 0.15) is 0 Å². The summed E-state index contributed by atoms with van der Waals surface area (Å²) in [6.45, 7) is 7.79. The Bertz CT molecular complexity index is 612. The topological polar surface area (TPSA) is 42.1 Å². The summed E-state index contributed by atoms with van der Waals surface area (Å²) >= 11 is 3.48. The van der Waals surface area contributed by atoms with E-state index in [1.54, 1.807) is 0 Å². The average Bonchev–Trinajstić information content (AvgIpc) is 2.49. The van der Waals surface area contributed by atoms with Gasteiger partial charge in [0, 0.05) is 34.3 Å². The first kappa shape index (κ1) is 16.1.